The van der Waals surface area contributed by atoms with Crippen LogP contribution in [0.15, 0.2) is 18.2 Å². The average Bonchev–Trinajstić information content (AvgIpc) is 3.07. The van der Waals surface area contributed by atoms with Crippen molar-refractivity contribution in [3.8, 4) is 11.5 Å². The summed E-state index contributed by atoms with van der Waals surface area (Å²) in [5, 5.41) is 0. The molecule has 0 bridgehead atoms. The van der Waals surface area contributed by atoms with Crippen LogP contribution in [0.2, 0.25) is 0 Å². The lowest BCUT2D eigenvalue weighted by atomic mass is 10.1. The second-order valence-electron chi connectivity index (χ2n) is 5.43. The fourth-order valence-electron chi connectivity index (χ4n) is 2.64. The van der Waals surface area contributed by atoms with Gasteiger partial charge in [0.2, 0.25) is 6.79 Å². The first-order valence-electron chi connectivity index (χ1n) is 7.01. The molecular formula is C14H19NO5S. The van der Waals surface area contributed by atoms with E-state index >= 15 is 0 Å². The van der Waals surface area contributed by atoms with Crippen LogP contribution in [0.4, 0.5) is 0 Å². The van der Waals surface area contributed by atoms with Crippen molar-refractivity contribution < 1.29 is 22.6 Å². The number of rotatable bonds is 5. The van der Waals surface area contributed by atoms with Crippen LogP contribution in [-0.4, -0.2) is 39.4 Å². The summed E-state index contributed by atoms with van der Waals surface area (Å²) in [4.78, 5) is 0. The van der Waals surface area contributed by atoms with Crippen molar-refractivity contribution in [2.24, 2.45) is 5.73 Å². The zero-order valence-corrected chi connectivity index (χ0v) is 12.5. The molecule has 1 saturated heterocycles. The SMILES string of the molecule is NC(CS(=O)(=O)CC1CCCO1)c1ccc2c(c1)OCO2. The number of nitrogens with two attached hydrogens (primary N) is 1. The van der Waals surface area contributed by atoms with Crippen molar-refractivity contribution >= 4 is 9.84 Å². The van der Waals surface area contributed by atoms with Gasteiger partial charge < -0.3 is 19.9 Å². The molecule has 3 rings (SSSR count). The van der Waals surface area contributed by atoms with Gasteiger partial charge in [-0.05, 0) is 30.5 Å². The Morgan fingerprint density at radius 3 is 2.86 bits per heavy atom. The van der Waals surface area contributed by atoms with Crippen LogP contribution in [0, 0.1) is 0 Å². The second kappa shape index (κ2) is 5.82. The van der Waals surface area contributed by atoms with E-state index in [-0.39, 0.29) is 24.4 Å². The molecule has 0 aromatic heterocycles. The highest BCUT2D eigenvalue weighted by atomic mass is 32.2. The molecule has 0 radical (unpaired) electrons. The molecule has 1 aromatic carbocycles. The van der Waals surface area contributed by atoms with Gasteiger partial charge in [0.05, 0.1) is 17.6 Å². The van der Waals surface area contributed by atoms with Gasteiger partial charge in [0.25, 0.3) is 0 Å². The van der Waals surface area contributed by atoms with Crippen molar-refractivity contribution in [1.82, 2.24) is 0 Å². The van der Waals surface area contributed by atoms with Gasteiger partial charge in [0.15, 0.2) is 21.3 Å². The number of hydrogen-bond donors (Lipinski definition) is 1. The Hall–Kier alpha value is -1.31. The van der Waals surface area contributed by atoms with Crippen LogP contribution in [0.5, 0.6) is 11.5 Å². The number of sulfone groups is 1. The minimum atomic E-state index is -3.25. The summed E-state index contributed by atoms with van der Waals surface area (Å²) in [5.41, 5.74) is 6.76. The van der Waals surface area contributed by atoms with E-state index in [4.69, 9.17) is 19.9 Å². The van der Waals surface area contributed by atoms with Gasteiger partial charge >= 0.3 is 0 Å². The third-order valence-corrected chi connectivity index (χ3v) is 5.47. The normalized spacial score (nSPS) is 22.4. The molecule has 2 N–H and O–H groups in total. The van der Waals surface area contributed by atoms with Gasteiger partial charge in [-0.2, -0.15) is 0 Å². The van der Waals surface area contributed by atoms with E-state index in [1.54, 1.807) is 18.2 Å². The third-order valence-electron chi connectivity index (χ3n) is 3.72. The lowest BCUT2D eigenvalue weighted by Gasteiger charge is -2.15. The quantitative estimate of drug-likeness (QED) is 0.873. The molecule has 0 saturated carbocycles. The lowest BCUT2D eigenvalue weighted by molar-refractivity contribution is 0.127. The van der Waals surface area contributed by atoms with Crippen molar-refractivity contribution in [1.29, 1.82) is 0 Å². The molecule has 2 aliphatic heterocycles. The Balaban J connectivity index is 1.66. The minimum Gasteiger partial charge on any atom is -0.454 e. The highest BCUT2D eigenvalue weighted by Crippen LogP contribution is 2.34. The molecule has 6 nitrogen and oxygen atoms in total. The summed E-state index contributed by atoms with van der Waals surface area (Å²) in [6.07, 6.45) is 1.55. The van der Waals surface area contributed by atoms with E-state index in [0.29, 0.717) is 18.1 Å². The standard InChI is InChI=1S/C14H19NO5S/c15-12(8-21(16,17)7-11-2-1-5-18-11)10-3-4-13-14(6-10)20-9-19-13/h3-4,6,11-12H,1-2,5,7-9,15H2. The van der Waals surface area contributed by atoms with E-state index in [0.717, 1.165) is 18.4 Å². The Morgan fingerprint density at radius 1 is 1.29 bits per heavy atom. The summed E-state index contributed by atoms with van der Waals surface area (Å²) in [7, 11) is -3.25. The number of ether oxygens (including phenoxy) is 3. The second-order valence-corrected chi connectivity index (χ2v) is 7.58. The van der Waals surface area contributed by atoms with Gasteiger partial charge in [-0.3, -0.25) is 0 Å². The van der Waals surface area contributed by atoms with Gasteiger partial charge in [0, 0.05) is 12.6 Å². The maximum Gasteiger partial charge on any atom is 0.231 e. The molecule has 2 unspecified atom stereocenters. The van der Waals surface area contributed by atoms with Crippen LogP contribution in [-0.2, 0) is 14.6 Å². The average molecular weight is 313 g/mol. The molecule has 1 fully saturated rings. The van der Waals surface area contributed by atoms with Crippen LogP contribution in [0.3, 0.4) is 0 Å². The van der Waals surface area contributed by atoms with Crippen molar-refractivity contribution in [3.05, 3.63) is 23.8 Å². The molecule has 1 aromatic rings. The summed E-state index contributed by atoms with van der Waals surface area (Å²) >= 11 is 0. The van der Waals surface area contributed by atoms with Gasteiger partial charge in [0.1, 0.15) is 0 Å². The highest BCUT2D eigenvalue weighted by molar-refractivity contribution is 7.91. The third kappa shape index (κ3) is 3.48. The topological polar surface area (TPSA) is 87.9 Å². The number of hydrogen-bond acceptors (Lipinski definition) is 6. The Morgan fingerprint density at radius 2 is 2.10 bits per heavy atom. The van der Waals surface area contributed by atoms with Gasteiger partial charge in [-0.1, -0.05) is 6.07 Å². The molecule has 7 heteroatoms. The predicted octanol–water partition coefficient (Wildman–Crippen LogP) is 1.01. The number of fused-ring (bicyclic) bond motifs is 1. The molecule has 21 heavy (non-hydrogen) atoms. The van der Waals surface area contributed by atoms with Crippen LogP contribution >= 0.6 is 0 Å². The summed E-state index contributed by atoms with van der Waals surface area (Å²) < 4.78 is 40.3. The molecule has 116 valence electrons. The lowest BCUT2D eigenvalue weighted by Crippen LogP contribution is -2.28. The van der Waals surface area contributed by atoms with Crippen LogP contribution in [0.25, 0.3) is 0 Å². The minimum absolute atomic E-state index is 0.0469. The first-order chi connectivity index (χ1) is 10.0. The molecule has 0 amide bonds. The molecule has 2 atom stereocenters. The van der Waals surface area contributed by atoms with E-state index in [1.807, 2.05) is 0 Å². The van der Waals surface area contributed by atoms with Crippen LogP contribution in [0.1, 0.15) is 24.4 Å². The smallest absolute Gasteiger partial charge is 0.231 e. The molecule has 2 aliphatic rings. The maximum atomic E-state index is 12.2. The van der Waals surface area contributed by atoms with E-state index < -0.39 is 15.9 Å². The molecule has 0 aliphatic carbocycles. The fourth-order valence-corrected chi connectivity index (χ4v) is 4.35. The van der Waals surface area contributed by atoms with Gasteiger partial charge in [-0.15, -0.1) is 0 Å². The zero-order chi connectivity index (χ0) is 14.9. The molecule has 0 spiro atoms. The van der Waals surface area contributed by atoms with Crippen molar-refractivity contribution in [3.63, 3.8) is 0 Å². The Labute approximate surface area is 124 Å². The first kappa shape index (κ1) is 14.6. The molecular weight excluding hydrogens is 294 g/mol. The largest absolute Gasteiger partial charge is 0.454 e. The highest BCUT2D eigenvalue weighted by Gasteiger charge is 2.26. The predicted molar refractivity (Wildman–Crippen MR) is 77.1 cm³/mol. The number of benzene rings is 1. The van der Waals surface area contributed by atoms with E-state index in [9.17, 15) is 8.42 Å². The van der Waals surface area contributed by atoms with Crippen molar-refractivity contribution in [2.75, 3.05) is 24.9 Å². The Bertz CT molecular complexity index is 610. The zero-order valence-electron chi connectivity index (χ0n) is 11.7. The van der Waals surface area contributed by atoms with E-state index in [2.05, 4.69) is 0 Å². The van der Waals surface area contributed by atoms with Crippen LogP contribution < -0.4 is 15.2 Å². The summed E-state index contributed by atoms with van der Waals surface area (Å²) in [5.74, 6) is 1.23. The first-order valence-corrected chi connectivity index (χ1v) is 8.83. The summed E-state index contributed by atoms with van der Waals surface area (Å²) in [6, 6.07) is 4.70. The monoisotopic (exact) mass is 313 g/mol. The fraction of sp³-hybridized carbons (Fsp3) is 0.571. The van der Waals surface area contributed by atoms with E-state index in [1.165, 1.54) is 0 Å². The summed E-state index contributed by atoms with van der Waals surface area (Å²) in [6.45, 7) is 0.833. The maximum absolute atomic E-state index is 12.2. The molecule has 2 heterocycles. The van der Waals surface area contributed by atoms with Gasteiger partial charge in [-0.25, -0.2) is 8.42 Å². The van der Waals surface area contributed by atoms with Crippen molar-refractivity contribution in [2.45, 2.75) is 25.0 Å². The Kier molecular flexibility index (Phi) is 4.05.